The molecule has 3 aromatic rings. The molecule has 0 radical (unpaired) electrons. The van der Waals surface area contributed by atoms with Crippen molar-refractivity contribution in [3.8, 4) is 11.4 Å². The molecule has 0 saturated heterocycles. The number of aromatic nitrogens is 2. The predicted octanol–water partition coefficient (Wildman–Crippen LogP) is 3.90. The summed E-state index contributed by atoms with van der Waals surface area (Å²) < 4.78 is 1.92. The van der Waals surface area contributed by atoms with Gasteiger partial charge in [-0.05, 0) is 36.8 Å². The molecule has 0 fully saturated rings. The lowest BCUT2D eigenvalue weighted by atomic mass is 10.1. The predicted molar refractivity (Wildman–Crippen MR) is 82.9 cm³/mol. The van der Waals surface area contributed by atoms with Gasteiger partial charge < -0.3 is 9.67 Å². The summed E-state index contributed by atoms with van der Waals surface area (Å²) in [5.74, 6) is -0.237. The maximum Gasteiger partial charge on any atom is 0.335 e. The third-order valence-corrected chi connectivity index (χ3v) is 4.06. The van der Waals surface area contributed by atoms with E-state index in [-0.39, 0.29) is 5.56 Å². The second-order valence-electron chi connectivity index (χ2n) is 4.94. The number of rotatable bonds is 2. The highest BCUT2D eigenvalue weighted by Crippen LogP contribution is 2.31. The van der Waals surface area contributed by atoms with Crippen LogP contribution in [0.25, 0.3) is 22.4 Å². The molecule has 0 amide bonds. The zero-order chi connectivity index (χ0) is 15.1. The third kappa shape index (κ3) is 2.17. The zero-order valence-electron chi connectivity index (χ0n) is 11.6. The van der Waals surface area contributed by atoms with Crippen LogP contribution < -0.4 is 0 Å². The molecule has 106 valence electrons. The van der Waals surface area contributed by atoms with E-state index in [1.165, 1.54) is 0 Å². The molecule has 1 aromatic heterocycles. The summed E-state index contributed by atoms with van der Waals surface area (Å²) in [4.78, 5) is 15.6. The van der Waals surface area contributed by atoms with Crippen molar-refractivity contribution in [2.24, 2.45) is 7.05 Å². The van der Waals surface area contributed by atoms with E-state index in [0.717, 1.165) is 22.5 Å². The van der Waals surface area contributed by atoms with Crippen molar-refractivity contribution in [3.63, 3.8) is 0 Å². The van der Waals surface area contributed by atoms with Gasteiger partial charge in [0.05, 0.1) is 21.6 Å². The number of carbonyl (C=O) groups is 1. The number of carboxylic acid groups (broad SMARTS) is 1. The summed E-state index contributed by atoms with van der Waals surface area (Å²) >= 11 is 6.36. The minimum absolute atomic E-state index is 0.225. The fourth-order valence-corrected chi connectivity index (χ4v) is 2.60. The lowest BCUT2D eigenvalue weighted by Gasteiger charge is -2.06. The number of benzene rings is 2. The summed E-state index contributed by atoms with van der Waals surface area (Å²) in [5, 5.41) is 9.72. The molecule has 0 saturated carbocycles. The number of imidazole rings is 1. The van der Waals surface area contributed by atoms with E-state index in [0.29, 0.717) is 10.5 Å². The van der Waals surface area contributed by atoms with Crippen molar-refractivity contribution in [1.82, 2.24) is 9.55 Å². The molecule has 0 atom stereocenters. The van der Waals surface area contributed by atoms with Gasteiger partial charge in [0, 0.05) is 12.6 Å². The lowest BCUT2D eigenvalue weighted by Crippen LogP contribution is -1.96. The van der Waals surface area contributed by atoms with Crippen LogP contribution in [0.4, 0.5) is 0 Å². The Kier molecular flexibility index (Phi) is 3.18. The number of fused-ring (bicyclic) bond motifs is 1. The Morgan fingerprint density at radius 1 is 1.29 bits per heavy atom. The van der Waals surface area contributed by atoms with Crippen LogP contribution in [0.3, 0.4) is 0 Å². The quantitative estimate of drug-likeness (QED) is 0.781. The van der Waals surface area contributed by atoms with Crippen LogP contribution in [0.1, 0.15) is 15.9 Å². The molecule has 4 nitrogen and oxygen atoms in total. The monoisotopic (exact) mass is 300 g/mol. The largest absolute Gasteiger partial charge is 0.478 e. The van der Waals surface area contributed by atoms with Crippen molar-refractivity contribution >= 4 is 28.6 Å². The minimum atomic E-state index is -0.960. The molecule has 2 aromatic carbocycles. The van der Waals surface area contributed by atoms with E-state index in [2.05, 4.69) is 4.98 Å². The molecule has 0 spiro atoms. The van der Waals surface area contributed by atoms with E-state index in [1.54, 1.807) is 18.2 Å². The highest BCUT2D eigenvalue weighted by molar-refractivity contribution is 6.34. The highest BCUT2D eigenvalue weighted by Gasteiger charge is 2.15. The van der Waals surface area contributed by atoms with E-state index in [4.69, 9.17) is 16.7 Å². The summed E-state index contributed by atoms with van der Waals surface area (Å²) in [7, 11) is 1.89. The summed E-state index contributed by atoms with van der Waals surface area (Å²) in [6.45, 7) is 1.94. The first kappa shape index (κ1) is 13.6. The van der Waals surface area contributed by atoms with Crippen LogP contribution in [-0.2, 0) is 7.05 Å². The number of carboxylic acids is 1. The molecular weight excluding hydrogens is 288 g/mol. The minimum Gasteiger partial charge on any atom is -0.478 e. The fourth-order valence-electron chi connectivity index (χ4n) is 2.39. The van der Waals surface area contributed by atoms with E-state index >= 15 is 0 Å². The first-order chi connectivity index (χ1) is 9.99. The van der Waals surface area contributed by atoms with Crippen LogP contribution in [0.2, 0.25) is 5.02 Å². The first-order valence-electron chi connectivity index (χ1n) is 6.44. The van der Waals surface area contributed by atoms with Crippen LogP contribution in [0.5, 0.6) is 0 Å². The van der Waals surface area contributed by atoms with Crippen molar-refractivity contribution < 1.29 is 9.90 Å². The number of aryl methyl sites for hydroxylation is 2. The topological polar surface area (TPSA) is 55.1 Å². The molecule has 0 aliphatic heterocycles. The molecule has 0 unspecified atom stereocenters. The van der Waals surface area contributed by atoms with Gasteiger partial charge in [0.2, 0.25) is 0 Å². The van der Waals surface area contributed by atoms with Gasteiger partial charge in [-0.25, -0.2) is 9.78 Å². The number of hydrogen-bond donors (Lipinski definition) is 1. The fraction of sp³-hybridized carbons (Fsp3) is 0.125. The Balaban J connectivity index is 2.26. The Morgan fingerprint density at radius 2 is 2.05 bits per heavy atom. The van der Waals surface area contributed by atoms with Crippen LogP contribution in [0, 0.1) is 6.92 Å². The second-order valence-corrected chi connectivity index (χ2v) is 5.32. The Bertz CT molecular complexity index is 868. The van der Waals surface area contributed by atoms with E-state index in [9.17, 15) is 4.79 Å². The molecule has 3 rings (SSSR count). The molecule has 0 aliphatic carbocycles. The van der Waals surface area contributed by atoms with Crippen molar-refractivity contribution in [3.05, 3.63) is 52.5 Å². The first-order valence-corrected chi connectivity index (χ1v) is 6.82. The number of halogens is 1. The molecule has 5 heteroatoms. The highest BCUT2D eigenvalue weighted by atomic mass is 35.5. The zero-order valence-corrected chi connectivity index (χ0v) is 12.3. The SMILES string of the molecule is Cc1cccc(-c2nc3cc(C(=O)O)ccc3n2C)c1Cl. The van der Waals surface area contributed by atoms with Gasteiger partial charge in [-0.1, -0.05) is 23.7 Å². The normalized spacial score (nSPS) is 11.0. The Labute approximate surface area is 126 Å². The van der Waals surface area contributed by atoms with Gasteiger partial charge in [0.15, 0.2) is 0 Å². The number of hydrogen-bond acceptors (Lipinski definition) is 2. The van der Waals surface area contributed by atoms with Crippen LogP contribution in [-0.4, -0.2) is 20.6 Å². The van der Waals surface area contributed by atoms with Crippen molar-refractivity contribution in [1.29, 1.82) is 0 Å². The van der Waals surface area contributed by atoms with Crippen LogP contribution in [0.15, 0.2) is 36.4 Å². The van der Waals surface area contributed by atoms with Crippen LogP contribution >= 0.6 is 11.6 Å². The van der Waals surface area contributed by atoms with Gasteiger partial charge in [-0.3, -0.25) is 0 Å². The Morgan fingerprint density at radius 3 is 2.76 bits per heavy atom. The summed E-state index contributed by atoms with van der Waals surface area (Å²) in [6.07, 6.45) is 0. The average molecular weight is 301 g/mol. The van der Waals surface area contributed by atoms with E-state index in [1.807, 2.05) is 36.7 Å². The lowest BCUT2D eigenvalue weighted by molar-refractivity contribution is 0.0697. The average Bonchev–Trinajstić information content (AvgIpc) is 2.78. The Hall–Kier alpha value is -2.33. The molecule has 1 N–H and O–H groups in total. The van der Waals surface area contributed by atoms with Gasteiger partial charge >= 0.3 is 5.97 Å². The smallest absolute Gasteiger partial charge is 0.335 e. The maximum absolute atomic E-state index is 11.0. The molecule has 21 heavy (non-hydrogen) atoms. The summed E-state index contributed by atoms with van der Waals surface area (Å²) in [5.41, 5.74) is 3.56. The van der Waals surface area contributed by atoms with Gasteiger partial charge in [0.1, 0.15) is 5.82 Å². The van der Waals surface area contributed by atoms with Gasteiger partial charge in [-0.15, -0.1) is 0 Å². The number of nitrogens with zero attached hydrogens (tertiary/aromatic N) is 2. The molecular formula is C16H13ClN2O2. The molecule has 0 aliphatic rings. The molecule has 1 heterocycles. The van der Waals surface area contributed by atoms with E-state index < -0.39 is 5.97 Å². The summed E-state index contributed by atoms with van der Waals surface area (Å²) in [6, 6.07) is 10.7. The third-order valence-electron chi connectivity index (χ3n) is 3.56. The standard InChI is InChI=1S/C16H13ClN2O2/c1-9-4-3-5-11(14(9)17)15-18-12-8-10(16(20)21)6-7-13(12)19(15)2/h3-8H,1-2H3,(H,20,21). The second kappa shape index (κ2) is 4.90. The van der Waals surface area contributed by atoms with Gasteiger partial charge in [0.25, 0.3) is 0 Å². The number of aromatic carboxylic acids is 1. The van der Waals surface area contributed by atoms with Crippen molar-refractivity contribution in [2.75, 3.05) is 0 Å². The van der Waals surface area contributed by atoms with Crippen molar-refractivity contribution in [2.45, 2.75) is 6.92 Å². The molecule has 0 bridgehead atoms. The maximum atomic E-state index is 11.0. The van der Waals surface area contributed by atoms with Gasteiger partial charge in [-0.2, -0.15) is 0 Å².